The zero-order valence-corrected chi connectivity index (χ0v) is 7.98. The van der Waals surface area contributed by atoms with Gasteiger partial charge in [-0.15, -0.1) is 0 Å². The molecule has 0 fully saturated rings. The van der Waals surface area contributed by atoms with Crippen molar-refractivity contribution in [1.29, 1.82) is 0 Å². The molecule has 0 radical (unpaired) electrons. The Hall–Kier alpha value is -1.63. The van der Waals surface area contributed by atoms with Gasteiger partial charge >= 0.3 is 7.32 Å². The van der Waals surface area contributed by atoms with Crippen LogP contribution >= 0.6 is 0 Å². The molecule has 0 amide bonds. The minimum Gasteiger partial charge on any atom is -0.402 e. The number of para-hydroxylation sites is 2. The van der Waals surface area contributed by atoms with Crippen LogP contribution in [0.1, 0.15) is 0 Å². The van der Waals surface area contributed by atoms with E-state index < -0.39 is 7.32 Å². The van der Waals surface area contributed by atoms with Gasteiger partial charge in [0.05, 0.1) is 17.4 Å². The molecule has 2 aromatic rings. The first kappa shape index (κ1) is 11.4. The number of nitrogens with zero attached hydrogens (tertiary/aromatic N) is 2. The van der Waals surface area contributed by atoms with Gasteiger partial charge < -0.3 is 19.6 Å². The Morgan fingerprint density at radius 3 is 2.47 bits per heavy atom. The average molecular weight is 206 g/mol. The summed E-state index contributed by atoms with van der Waals surface area (Å²) in [6, 6.07) is 7.96. The lowest BCUT2D eigenvalue weighted by atomic mass is 10.3. The van der Waals surface area contributed by atoms with Crippen molar-refractivity contribution >= 4 is 24.6 Å². The lowest BCUT2D eigenvalue weighted by Gasteiger charge is -1.91. The van der Waals surface area contributed by atoms with Gasteiger partial charge in [-0.25, -0.2) is 4.98 Å². The van der Waals surface area contributed by atoms with Crippen LogP contribution in [0.25, 0.3) is 17.2 Å². The summed E-state index contributed by atoms with van der Waals surface area (Å²) in [6.45, 7) is 3.68. The molecule has 0 atom stereocenters. The average Bonchev–Trinajstić information content (AvgIpc) is 2.59. The second-order valence-corrected chi connectivity index (χ2v) is 2.67. The first-order chi connectivity index (χ1) is 7.15. The molecular weight excluding hydrogens is 195 g/mol. The maximum Gasteiger partial charge on any atom is 0.631 e. The Bertz CT molecular complexity index is 439. The first-order valence-electron chi connectivity index (χ1n) is 4.23. The number of fused-ring (bicyclic) bond motifs is 1. The molecule has 0 saturated carbocycles. The number of aromatic nitrogens is 2. The zero-order valence-electron chi connectivity index (χ0n) is 7.98. The maximum atomic E-state index is 7.17. The van der Waals surface area contributed by atoms with E-state index in [0.29, 0.717) is 0 Å². The molecule has 6 heteroatoms. The van der Waals surface area contributed by atoms with Crippen LogP contribution in [0.2, 0.25) is 0 Å². The quantitative estimate of drug-likeness (QED) is 0.577. The Morgan fingerprint density at radius 2 is 1.87 bits per heavy atom. The van der Waals surface area contributed by atoms with Crippen molar-refractivity contribution in [2.45, 2.75) is 0 Å². The summed E-state index contributed by atoms with van der Waals surface area (Å²) in [5.41, 5.74) is 2.11. The smallest absolute Gasteiger partial charge is 0.402 e. The van der Waals surface area contributed by atoms with Crippen LogP contribution in [0.15, 0.2) is 37.2 Å². The molecule has 78 valence electrons. The summed E-state index contributed by atoms with van der Waals surface area (Å²) in [5, 5.41) is 21.5. The first-order valence-corrected chi connectivity index (χ1v) is 4.23. The standard InChI is InChI=1S/C9H8N2.BH3O3/c1-2-11-7-10-8-5-3-4-6-9(8)11;2-1(3)4/h2-7H,1H2;2-4H. The molecule has 0 aliphatic rings. The fourth-order valence-corrected chi connectivity index (χ4v) is 1.12. The molecule has 0 bridgehead atoms. The summed E-state index contributed by atoms with van der Waals surface area (Å²) in [6.07, 6.45) is 3.51. The molecule has 2 rings (SSSR count). The summed E-state index contributed by atoms with van der Waals surface area (Å²) in [7, 11) is -2.17. The summed E-state index contributed by atoms with van der Waals surface area (Å²) in [5.74, 6) is 0. The third kappa shape index (κ3) is 3.21. The third-order valence-corrected chi connectivity index (χ3v) is 1.68. The highest BCUT2D eigenvalue weighted by Gasteiger charge is 1.95. The van der Waals surface area contributed by atoms with Gasteiger partial charge in [0.1, 0.15) is 0 Å². The molecular formula is C9H11BN2O3. The Labute approximate surface area is 87.1 Å². The summed E-state index contributed by atoms with van der Waals surface area (Å²) >= 11 is 0. The topological polar surface area (TPSA) is 78.5 Å². The lowest BCUT2D eigenvalue weighted by Crippen LogP contribution is -2.07. The van der Waals surface area contributed by atoms with Gasteiger partial charge in [-0.3, -0.25) is 0 Å². The van der Waals surface area contributed by atoms with E-state index in [1.165, 1.54) is 0 Å². The lowest BCUT2D eigenvalue weighted by molar-refractivity contribution is 0.278. The van der Waals surface area contributed by atoms with Crippen LogP contribution < -0.4 is 0 Å². The maximum absolute atomic E-state index is 7.17. The highest BCUT2D eigenvalue weighted by Crippen LogP contribution is 2.10. The van der Waals surface area contributed by atoms with E-state index >= 15 is 0 Å². The van der Waals surface area contributed by atoms with Crippen molar-refractivity contribution < 1.29 is 15.1 Å². The van der Waals surface area contributed by atoms with E-state index in [9.17, 15) is 0 Å². The molecule has 1 heterocycles. The molecule has 1 aromatic carbocycles. The Morgan fingerprint density at radius 1 is 1.27 bits per heavy atom. The number of hydrogen-bond acceptors (Lipinski definition) is 4. The number of hydrogen-bond donors (Lipinski definition) is 3. The second-order valence-electron chi connectivity index (χ2n) is 2.67. The predicted molar refractivity (Wildman–Crippen MR) is 58.5 cm³/mol. The molecule has 1 aromatic heterocycles. The van der Waals surface area contributed by atoms with E-state index in [1.807, 2.05) is 28.8 Å². The van der Waals surface area contributed by atoms with Crippen LogP contribution in [0, 0.1) is 0 Å². The van der Waals surface area contributed by atoms with Crippen molar-refractivity contribution in [3.8, 4) is 0 Å². The van der Waals surface area contributed by atoms with Crippen LogP contribution in [-0.2, 0) is 0 Å². The number of rotatable bonds is 1. The van der Waals surface area contributed by atoms with E-state index in [2.05, 4.69) is 11.6 Å². The van der Waals surface area contributed by atoms with Crippen LogP contribution in [0.3, 0.4) is 0 Å². The van der Waals surface area contributed by atoms with Crippen molar-refractivity contribution in [2.75, 3.05) is 0 Å². The molecule has 3 N–H and O–H groups in total. The van der Waals surface area contributed by atoms with Gasteiger partial charge in [0.2, 0.25) is 0 Å². The monoisotopic (exact) mass is 206 g/mol. The van der Waals surface area contributed by atoms with Crippen LogP contribution in [0.4, 0.5) is 0 Å². The molecule has 5 nitrogen and oxygen atoms in total. The third-order valence-electron chi connectivity index (χ3n) is 1.68. The minimum atomic E-state index is -2.17. The van der Waals surface area contributed by atoms with E-state index in [4.69, 9.17) is 15.1 Å². The van der Waals surface area contributed by atoms with Gasteiger partial charge in [-0.1, -0.05) is 18.7 Å². The van der Waals surface area contributed by atoms with E-state index in [0.717, 1.165) is 11.0 Å². The van der Waals surface area contributed by atoms with Gasteiger partial charge in [-0.2, -0.15) is 0 Å². The molecule has 0 aliphatic carbocycles. The zero-order chi connectivity index (χ0) is 11.3. The number of imidazole rings is 1. The largest absolute Gasteiger partial charge is 0.631 e. The Balaban J connectivity index is 0.000000245. The predicted octanol–water partition coefficient (Wildman–Crippen LogP) is 0.0850. The van der Waals surface area contributed by atoms with E-state index in [-0.39, 0.29) is 0 Å². The minimum absolute atomic E-state index is 1.01. The molecule has 0 aliphatic heterocycles. The molecule has 15 heavy (non-hydrogen) atoms. The van der Waals surface area contributed by atoms with Crippen LogP contribution in [-0.4, -0.2) is 31.9 Å². The van der Waals surface area contributed by atoms with Crippen molar-refractivity contribution in [3.63, 3.8) is 0 Å². The fraction of sp³-hybridized carbons (Fsp3) is 0. The molecule has 0 spiro atoms. The van der Waals surface area contributed by atoms with Crippen molar-refractivity contribution in [3.05, 3.63) is 37.2 Å². The number of benzene rings is 1. The highest BCUT2D eigenvalue weighted by atomic mass is 16.5. The SMILES string of the molecule is C=Cn1cnc2ccccc21.OB(O)O. The highest BCUT2D eigenvalue weighted by molar-refractivity contribution is 6.30. The molecule has 0 saturated heterocycles. The summed E-state index contributed by atoms with van der Waals surface area (Å²) in [4.78, 5) is 4.18. The van der Waals surface area contributed by atoms with Crippen molar-refractivity contribution in [1.82, 2.24) is 9.55 Å². The van der Waals surface area contributed by atoms with Crippen LogP contribution in [0.5, 0.6) is 0 Å². The van der Waals surface area contributed by atoms with Gasteiger partial charge in [0, 0.05) is 6.20 Å². The van der Waals surface area contributed by atoms with Gasteiger partial charge in [0.25, 0.3) is 0 Å². The fourth-order valence-electron chi connectivity index (χ4n) is 1.12. The van der Waals surface area contributed by atoms with E-state index in [1.54, 1.807) is 12.5 Å². The normalized spacial score (nSPS) is 9.27. The van der Waals surface area contributed by atoms with Crippen molar-refractivity contribution in [2.24, 2.45) is 0 Å². The molecule has 0 unspecified atom stereocenters. The second kappa shape index (κ2) is 5.30. The summed E-state index contributed by atoms with van der Waals surface area (Å²) < 4.78 is 1.90. The van der Waals surface area contributed by atoms with Gasteiger partial charge in [-0.05, 0) is 12.1 Å². The Kier molecular flexibility index (Phi) is 4.05. The van der Waals surface area contributed by atoms with Gasteiger partial charge in [0.15, 0.2) is 0 Å².